The zero-order chi connectivity index (χ0) is 21.7. The van der Waals surface area contributed by atoms with Gasteiger partial charge in [-0.25, -0.2) is 16.8 Å². The van der Waals surface area contributed by atoms with Crippen LogP contribution in [0.5, 0.6) is 5.75 Å². The smallest absolute Gasteiger partial charge is 0.242 e. The van der Waals surface area contributed by atoms with Crippen molar-refractivity contribution in [3.63, 3.8) is 0 Å². The number of rotatable bonds is 9. The number of carbonyl (C=O) groups excluding carboxylic acids is 1. The number of anilines is 2. The lowest BCUT2D eigenvalue weighted by molar-refractivity contribution is -0.120. The molecule has 0 radical (unpaired) electrons. The summed E-state index contributed by atoms with van der Waals surface area (Å²) >= 11 is 0. The molecule has 29 heavy (non-hydrogen) atoms. The maximum Gasteiger partial charge on any atom is 0.242 e. The summed E-state index contributed by atoms with van der Waals surface area (Å²) < 4.78 is 57.6. The van der Waals surface area contributed by atoms with Crippen molar-refractivity contribution in [1.29, 1.82) is 0 Å². The molecule has 1 heterocycles. The highest BCUT2D eigenvalue weighted by molar-refractivity contribution is 7.92. The number of hydrogen-bond acceptors (Lipinski definition) is 6. The van der Waals surface area contributed by atoms with E-state index in [0.29, 0.717) is 25.1 Å². The third kappa shape index (κ3) is 6.06. The van der Waals surface area contributed by atoms with Crippen LogP contribution in [0.15, 0.2) is 18.2 Å². The van der Waals surface area contributed by atoms with Gasteiger partial charge in [0, 0.05) is 18.3 Å². The quantitative estimate of drug-likeness (QED) is 0.597. The lowest BCUT2D eigenvalue weighted by atomic mass is 10.0. The molecule has 1 aliphatic rings. The molecule has 1 saturated heterocycles. The molecule has 0 spiro atoms. The number of nitrogens with zero attached hydrogens (tertiary/aromatic N) is 1. The van der Waals surface area contributed by atoms with Gasteiger partial charge in [-0.3, -0.25) is 9.52 Å². The van der Waals surface area contributed by atoms with E-state index in [4.69, 9.17) is 4.74 Å². The van der Waals surface area contributed by atoms with Gasteiger partial charge >= 0.3 is 0 Å². The van der Waals surface area contributed by atoms with Crippen LogP contribution >= 0.6 is 0 Å². The molecule has 1 unspecified atom stereocenters. The molecule has 1 amide bonds. The highest BCUT2D eigenvalue weighted by Crippen LogP contribution is 2.30. The highest BCUT2D eigenvalue weighted by atomic mass is 32.2. The van der Waals surface area contributed by atoms with Crippen LogP contribution in [-0.2, 0) is 24.8 Å². The van der Waals surface area contributed by atoms with Crippen LogP contribution in [0.4, 0.5) is 11.4 Å². The molecule has 1 atom stereocenters. The van der Waals surface area contributed by atoms with Gasteiger partial charge in [0.15, 0.2) is 0 Å². The summed E-state index contributed by atoms with van der Waals surface area (Å²) in [4.78, 5) is 12.8. The summed E-state index contributed by atoms with van der Waals surface area (Å²) in [7, 11) is -5.58. The molecule has 1 fully saturated rings. The van der Waals surface area contributed by atoms with E-state index in [1.165, 1.54) is 30.5 Å². The van der Waals surface area contributed by atoms with E-state index in [0.717, 1.165) is 12.8 Å². The Bertz CT molecular complexity index is 931. The fourth-order valence-electron chi connectivity index (χ4n) is 3.19. The first kappa shape index (κ1) is 23.4. The Morgan fingerprint density at radius 3 is 2.55 bits per heavy atom. The Morgan fingerprint density at radius 1 is 1.21 bits per heavy atom. The zero-order valence-electron chi connectivity index (χ0n) is 17.0. The third-order valence-corrected chi connectivity index (χ3v) is 8.06. The first-order chi connectivity index (χ1) is 13.6. The fourth-order valence-corrected chi connectivity index (χ4v) is 5.59. The average molecular weight is 448 g/mol. The molecule has 0 saturated carbocycles. The molecule has 9 nitrogen and oxygen atoms in total. The molecule has 0 aliphatic carbocycles. The second-order valence-electron chi connectivity index (χ2n) is 6.85. The van der Waals surface area contributed by atoms with Crippen molar-refractivity contribution in [1.82, 2.24) is 4.31 Å². The van der Waals surface area contributed by atoms with Crippen LogP contribution in [0.25, 0.3) is 0 Å². The second-order valence-corrected chi connectivity index (χ2v) is 10.9. The maximum absolute atomic E-state index is 12.8. The molecule has 1 aromatic rings. The van der Waals surface area contributed by atoms with Gasteiger partial charge in [-0.05, 0) is 38.3 Å². The van der Waals surface area contributed by atoms with E-state index in [-0.39, 0.29) is 22.9 Å². The molecule has 0 bridgehead atoms. The molecular formula is C18H29N3O6S2. The summed E-state index contributed by atoms with van der Waals surface area (Å²) in [6.07, 6.45) is 2.45. The molecule has 0 aromatic heterocycles. The topological polar surface area (TPSA) is 122 Å². The summed E-state index contributed by atoms with van der Waals surface area (Å²) in [5, 5.41) is 2.73. The van der Waals surface area contributed by atoms with Crippen LogP contribution in [0.3, 0.4) is 0 Å². The van der Waals surface area contributed by atoms with Crippen molar-refractivity contribution in [2.24, 2.45) is 0 Å². The summed E-state index contributed by atoms with van der Waals surface area (Å²) in [6, 6.07) is 3.78. The first-order valence-electron chi connectivity index (χ1n) is 9.62. The van der Waals surface area contributed by atoms with Gasteiger partial charge in [-0.2, -0.15) is 4.31 Å². The van der Waals surface area contributed by atoms with Gasteiger partial charge in [-0.15, -0.1) is 0 Å². The predicted octanol–water partition coefficient (Wildman–Crippen LogP) is 1.99. The van der Waals surface area contributed by atoms with Crippen molar-refractivity contribution in [3.05, 3.63) is 18.2 Å². The minimum atomic E-state index is -3.49. The van der Waals surface area contributed by atoms with Crippen LogP contribution in [-0.4, -0.2) is 58.3 Å². The molecular weight excluding hydrogens is 418 g/mol. The SMILES string of the molecule is CCCS(=O)(=O)N1CCCCC1C(=O)Nc1ccc(NS(=O)(=O)CC)c(OC)c1. The number of sulfonamides is 2. The van der Waals surface area contributed by atoms with Gasteiger partial charge in [0.25, 0.3) is 0 Å². The van der Waals surface area contributed by atoms with E-state index in [1.54, 1.807) is 13.0 Å². The Balaban J connectivity index is 2.20. The molecule has 2 N–H and O–H groups in total. The largest absolute Gasteiger partial charge is 0.494 e. The molecule has 11 heteroatoms. The number of carbonyl (C=O) groups is 1. The lowest BCUT2D eigenvalue weighted by Crippen LogP contribution is -2.50. The van der Waals surface area contributed by atoms with Gasteiger partial charge in [-0.1, -0.05) is 13.3 Å². The Labute approximate surface area is 172 Å². The third-order valence-electron chi connectivity index (χ3n) is 4.69. The van der Waals surface area contributed by atoms with E-state index in [1.807, 2.05) is 0 Å². The van der Waals surface area contributed by atoms with Crippen LogP contribution in [0, 0.1) is 0 Å². The Hall–Kier alpha value is -1.85. The van der Waals surface area contributed by atoms with Gasteiger partial charge in [0.05, 0.1) is 24.3 Å². The number of hydrogen-bond donors (Lipinski definition) is 2. The fraction of sp³-hybridized carbons (Fsp3) is 0.611. The standard InChI is InChI=1S/C18H29N3O6S2/c1-4-12-29(25,26)21-11-7-6-8-16(21)18(22)19-14-9-10-15(17(13-14)27-3)20-28(23,24)5-2/h9-10,13,16,20H,4-8,11-12H2,1-3H3,(H,19,22). The summed E-state index contributed by atoms with van der Waals surface area (Å²) in [5.74, 6) is -0.234. The van der Waals surface area contributed by atoms with Crippen molar-refractivity contribution in [2.45, 2.75) is 45.6 Å². The van der Waals surface area contributed by atoms with Crippen LogP contribution in [0.1, 0.15) is 39.5 Å². The van der Waals surface area contributed by atoms with E-state index >= 15 is 0 Å². The number of methoxy groups -OCH3 is 1. The second kappa shape index (κ2) is 9.77. The maximum atomic E-state index is 12.8. The molecule has 2 rings (SSSR count). The summed E-state index contributed by atoms with van der Waals surface area (Å²) in [6.45, 7) is 3.64. The average Bonchev–Trinajstić information content (AvgIpc) is 2.69. The number of piperidine rings is 1. The molecule has 1 aromatic carbocycles. The minimum absolute atomic E-state index is 0.0108. The monoisotopic (exact) mass is 447 g/mol. The van der Waals surface area contributed by atoms with Gasteiger partial charge in [0.2, 0.25) is 26.0 Å². The van der Waals surface area contributed by atoms with Crippen molar-refractivity contribution >= 4 is 37.3 Å². The number of amides is 1. The Kier molecular flexibility index (Phi) is 7.89. The predicted molar refractivity (Wildman–Crippen MR) is 113 cm³/mol. The molecule has 164 valence electrons. The number of nitrogens with one attached hydrogen (secondary N) is 2. The van der Waals surface area contributed by atoms with Crippen molar-refractivity contribution in [3.8, 4) is 5.75 Å². The molecule has 1 aliphatic heterocycles. The first-order valence-corrected chi connectivity index (χ1v) is 12.9. The number of ether oxygens (including phenoxy) is 1. The van der Waals surface area contributed by atoms with Gasteiger partial charge < -0.3 is 10.1 Å². The van der Waals surface area contributed by atoms with E-state index < -0.39 is 32.0 Å². The normalized spacial score (nSPS) is 18.2. The van der Waals surface area contributed by atoms with Crippen LogP contribution < -0.4 is 14.8 Å². The Morgan fingerprint density at radius 2 is 1.93 bits per heavy atom. The lowest BCUT2D eigenvalue weighted by Gasteiger charge is -2.33. The number of benzene rings is 1. The van der Waals surface area contributed by atoms with Crippen LogP contribution in [0.2, 0.25) is 0 Å². The zero-order valence-corrected chi connectivity index (χ0v) is 18.6. The minimum Gasteiger partial charge on any atom is -0.494 e. The van der Waals surface area contributed by atoms with E-state index in [9.17, 15) is 21.6 Å². The summed E-state index contributed by atoms with van der Waals surface area (Å²) in [5.41, 5.74) is 0.655. The van der Waals surface area contributed by atoms with Gasteiger partial charge in [0.1, 0.15) is 11.8 Å². The van der Waals surface area contributed by atoms with Crippen molar-refractivity contribution in [2.75, 3.05) is 35.2 Å². The highest BCUT2D eigenvalue weighted by Gasteiger charge is 2.36. The van der Waals surface area contributed by atoms with Crippen molar-refractivity contribution < 1.29 is 26.4 Å². The van der Waals surface area contributed by atoms with E-state index in [2.05, 4.69) is 10.0 Å².